The number of benzene rings is 2. The molecule has 0 aliphatic heterocycles. The predicted molar refractivity (Wildman–Crippen MR) is 103 cm³/mol. The van der Waals surface area contributed by atoms with Gasteiger partial charge in [-0.15, -0.1) is 0 Å². The van der Waals surface area contributed by atoms with Gasteiger partial charge in [-0.2, -0.15) is 0 Å². The van der Waals surface area contributed by atoms with Crippen LogP contribution in [0, 0.1) is 0 Å². The van der Waals surface area contributed by atoms with Crippen molar-refractivity contribution in [3.8, 4) is 0 Å². The first-order chi connectivity index (χ1) is 13.1. The molecule has 7 nitrogen and oxygen atoms in total. The predicted octanol–water partition coefficient (Wildman–Crippen LogP) is 3.91. The summed E-state index contributed by atoms with van der Waals surface area (Å²) in [5, 5.41) is 6.11. The summed E-state index contributed by atoms with van der Waals surface area (Å²) in [5.74, 6) is -0.528. The summed E-state index contributed by atoms with van der Waals surface area (Å²) < 4.78 is 4.69. The molecule has 0 atom stereocenters. The number of carbonyl (C=O) groups is 2. The number of anilines is 3. The molecule has 1 aromatic heterocycles. The van der Waals surface area contributed by atoms with Crippen LogP contribution in [0.3, 0.4) is 0 Å². The minimum atomic E-state index is -0.439. The smallest absolute Gasteiger partial charge is 0.337 e. The highest BCUT2D eigenvalue weighted by molar-refractivity contribution is 6.33. The van der Waals surface area contributed by atoms with Crippen LogP contribution in [0.15, 0.2) is 60.9 Å². The lowest BCUT2D eigenvalue weighted by Gasteiger charge is -2.08. The highest BCUT2D eigenvalue weighted by atomic mass is 35.5. The first kappa shape index (κ1) is 18.3. The van der Waals surface area contributed by atoms with E-state index >= 15 is 0 Å². The Kier molecular flexibility index (Phi) is 5.63. The zero-order valence-electron chi connectivity index (χ0n) is 14.3. The van der Waals surface area contributed by atoms with Gasteiger partial charge in [-0.25, -0.2) is 14.8 Å². The summed E-state index contributed by atoms with van der Waals surface area (Å²) in [6.07, 6.45) is 2.79. The van der Waals surface area contributed by atoms with E-state index in [1.807, 2.05) is 0 Å². The van der Waals surface area contributed by atoms with Crippen molar-refractivity contribution in [1.29, 1.82) is 0 Å². The molecular weight excluding hydrogens is 368 g/mol. The van der Waals surface area contributed by atoms with Gasteiger partial charge in [0.2, 0.25) is 5.95 Å². The lowest BCUT2D eigenvalue weighted by atomic mass is 10.2. The fraction of sp³-hybridized carbons (Fsp3) is 0.0526. The number of hydrogen-bond donors (Lipinski definition) is 2. The van der Waals surface area contributed by atoms with Crippen molar-refractivity contribution in [2.75, 3.05) is 17.7 Å². The maximum atomic E-state index is 12.3. The molecule has 3 rings (SSSR count). The minimum absolute atomic E-state index is 0.281. The number of nitrogens with one attached hydrogen (secondary N) is 2. The van der Waals surface area contributed by atoms with E-state index in [9.17, 15) is 9.59 Å². The number of halogens is 1. The number of aromatic nitrogens is 2. The minimum Gasteiger partial charge on any atom is -0.465 e. The average Bonchev–Trinajstić information content (AvgIpc) is 2.70. The van der Waals surface area contributed by atoms with Crippen LogP contribution in [-0.4, -0.2) is 29.0 Å². The number of para-hydroxylation sites is 1. The molecule has 0 spiro atoms. The summed E-state index contributed by atoms with van der Waals surface area (Å²) in [7, 11) is 1.32. The first-order valence-corrected chi connectivity index (χ1v) is 8.28. The number of rotatable bonds is 5. The van der Waals surface area contributed by atoms with Crippen LogP contribution < -0.4 is 10.6 Å². The van der Waals surface area contributed by atoms with Gasteiger partial charge in [0.05, 0.1) is 28.9 Å². The van der Waals surface area contributed by atoms with Crippen molar-refractivity contribution in [2.24, 2.45) is 0 Å². The van der Waals surface area contributed by atoms with Crippen molar-refractivity contribution in [1.82, 2.24) is 9.97 Å². The molecule has 0 bridgehead atoms. The van der Waals surface area contributed by atoms with E-state index in [1.165, 1.54) is 19.5 Å². The maximum Gasteiger partial charge on any atom is 0.337 e. The molecule has 8 heteroatoms. The van der Waals surface area contributed by atoms with Gasteiger partial charge in [0, 0.05) is 18.1 Å². The largest absolute Gasteiger partial charge is 0.465 e. The molecule has 1 amide bonds. The topological polar surface area (TPSA) is 93.2 Å². The SMILES string of the molecule is COC(=O)c1cccc(Nc2ncc(C(=O)Nc3ccccc3Cl)cn2)c1. The van der Waals surface area contributed by atoms with Crippen molar-refractivity contribution in [3.63, 3.8) is 0 Å². The molecular formula is C19H15ClN4O3. The van der Waals surface area contributed by atoms with E-state index in [2.05, 4.69) is 25.3 Å². The van der Waals surface area contributed by atoms with Crippen molar-refractivity contribution in [3.05, 3.63) is 77.1 Å². The Balaban J connectivity index is 1.69. The number of ether oxygens (including phenoxy) is 1. The summed E-state index contributed by atoms with van der Waals surface area (Å²) in [6.45, 7) is 0. The summed E-state index contributed by atoms with van der Waals surface area (Å²) >= 11 is 6.03. The van der Waals surface area contributed by atoms with Gasteiger partial charge in [-0.3, -0.25) is 4.79 Å². The molecule has 2 aromatic carbocycles. The number of nitrogens with zero attached hydrogens (tertiary/aromatic N) is 2. The fourth-order valence-electron chi connectivity index (χ4n) is 2.24. The van der Waals surface area contributed by atoms with Gasteiger partial charge in [-0.05, 0) is 30.3 Å². The van der Waals surface area contributed by atoms with E-state index in [0.717, 1.165) is 0 Å². The second-order valence-electron chi connectivity index (χ2n) is 5.43. The summed E-state index contributed by atoms with van der Waals surface area (Å²) in [5.41, 5.74) is 1.80. The Hall–Kier alpha value is -3.45. The summed E-state index contributed by atoms with van der Waals surface area (Å²) in [4.78, 5) is 32.1. The van der Waals surface area contributed by atoms with Gasteiger partial charge < -0.3 is 15.4 Å². The van der Waals surface area contributed by atoms with Crippen molar-refractivity contribution < 1.29 is 14.3 Å². The monoisotopic (exact) mass is 382 g/mol. The van der Waals surface area contributed by atoms with Crippen LogP contribution in [0.4, 0.5) is 17.3 Å². The Bertz CT molecular complexity index is 977. The van der Waals surface area contributed by atoms with E-state index in [-0.39, 0.29) is 17.4 Å². The molecule has 2 N–H and O–H groups in total. The van der Waals surface area contributed by atoms with Gasteiger partial charge in [-0.1, -0.05) is 29.8 Å². The molecule has 0 saturated carbocycles. The summed E-state index contributed by atoms with van der Waals surface area (Å²) in [6, 6.07) is 13.7. The molecule has 0 radical (unpaired) electrons. The third-order valence-electron chi connectivity index (χ3n) is 3.58. The van der Waals surface area contributed by atoms with E-state index in [4.69, 9.17) is 11.6 Å². The Morgan fingerprint density at radius 1 is 1.00 bits per heavy atom. The average molecular weight is 383 g/mol. The quantitative estimate of drug-likeness (QED) is 0.650. The van der Waals surface area contributed by atoms with Crippen LogP contribution in [0.25, 0.3) is 0 Å². The third kappa shape index (κ3) is 4.59. The Morgan fingerprint density at radius 2 is 1.74 bits per heavy atom. The van der Waals surface area contributed by atoms with Crippen LogP contribution in [0.1, 0.15) is 20.7 Å². The molecule has 0 unspecified atom stereocenters. The molecule has 3 aromatic rings. The number of carbonyl (C=O) groups excluding carboxylic acids is 2. The van der Waals surface area contributed by atoms with Crippen molar-refractivity contribution >= 4 is 40.8 Å². The standard InChI is InChI=1S/C19H15ClN4O3/c1-27-18(26)12-5-4-6-14(9-12)23-19-21-10-13(11-22-19)17(25)24-16-8-3-2-7-15(16)20/h2-11H,1H3,(H,24,25)(H,21,22,23). The second-order valence-corrected chi connectivity index (χ2v) is 5.83. The van der Waals surface area contributed by atoms with Crippen LogP contribution in [0.5, 0.6) is 0 Å². The zero-order valence-corrected chi connectivity index (χ0v) is 15.0. The van der Waals surface area contributed by atoms with Crippen LogP contribution in [0.2, 0.25) is 5.02 Å². The number of esters is 1. The molecule has 0 saturated heterocycles. The lowest BCUT2D eigenvalue weighted by Crippen LogP contribution is -2.13. The molecule has 0 aliphatic rings. The normalized spacial score (nSPS) is 10.1. The van der Waals surface area contributed by atoms with Gasteiger partial charge in [0.15, 0.2) is 0 Å². The zero-order chi connectivity index (χ0) is 19.2. The molecule has 27 heavy (non-hydrogen) atoms. The van der Waals surface area contributed by atoms with Crippen molar-refractivity contribution in [2.45, 2.75) is 0 Å². The third-order valence-corrected chi connectivity index (χ3v) is 3.91. The van der Waals surface area contributed by atoms with Crippen LogP contribution >= 0.6 is 11.6 Å². The first-order valence-electron chi connectivity index (χ1n) is 7.90. The molecule has 136 valence electrons. The molecule has 1 heterocycles. The van der Waals surface area contributed by atoms with Gasteiger partial charge >= 0.3 is 5.97 Å². The highest BCUT2D eigenvalue weighted by Gasteiger charge is 2.10. The number of hydrogen-bond acceptors (Lipinski definition) is 6. The van der Waals surface area contributed by atoms with E-state index < -0.39 is 5.97 Å². The second kappa shape index (κ2) is 8.29. The molecule has 0 aliphatic carbocycles. The van der Waals surface area contributed by atoms with Crippen LogP contribution in [-0.2, 0) is 4.74 Å². The number of amides is 1. The lowest BCUT2D eigenvalue weighted by molar-refractivity contribution is 0.0600. The maximum absolute atomic E-state index is 12.3. The Morgan fingerprint density at radius 3 is 2.44 bits per heavy atom. The van der Waals surface area contributed by atoms with Gasteiger partial charge in [0.25, 0.3) is 5.91 Å². The van der Waals surface area contributed by atoms with E-state index in [1.54, 1.807) is 48.5 Å². The number of methoxy groups -OCH3 is 1. The highest BCUT2D eigenvalue weighted by Crippen LogP contribution is 2.21. The van der Waals surface area contributed by atoms with E-state index in [0.29, 0.717) is 22.0 Å². The Labute approximate surface area is 160 Å². The fourth-order valence-corrected chi connectivity index (χ4v) is 2.42. The molecule has 0 fully saturated rings. The van der Waals surface area contributed by atoms with Gasteiger partial charge in [0.1, 0.15) is 0 Å².